The van der Waals surface area contributed by atoms with Gasteiger partial charge in [-0.15, -0.1) is 0 Å². The lowest BCUT2D eigenvalue weighted by Gasteiger charge is -2.18. The van der Waals surface area contributed by atoms with E-state index >= 15 is 0 Å². The van der Waals surface area contributed by atoms with Crippen molar-refractivity contribution in [2.75, 3.05) is 0 Å². The predicted octanol–water partition coefficient (Wildman–Crippen LogP) is 8.05. The van der Waals surface area contributed by atoms with Gasteiger partial charge < -0.3 is 0 Å². The molecule has 0 atom stereocenters. The van der Waals surface area contributed by atoms with Crippen LogP contribution in [0.1, 0.15) is 87.8 Å². The highest BCUT2D eigenvalue weighted by Crippen LogP contribution is 2.21. The van der Waals surface area contributed by atoms with Gasteiger partial charge in [0, 0.05) is 12.4 Å². The van der Waals surface area contributed by atoms with Gasteiger partial charge >= 0.3 is 0 Å². The van der Waals surface area contributed by atoms with Crippen molar-refractivity contribution >= 4 is 0 Å². The summed E-state index contributed by atoms with van der Waals surface area (Å²) in [7, 11) is 0. The van der Waals surface area contributed by atoms with Crippen molar-refractivity contribution < 1.29 is 0 Å². The zero-order valence-corrected chi connectivity index (χ0v) is 17.6. The number of hydrogen-bond donors (Lipinski definition) is 0. The molecule has 2 aromatic rings. The first-order chi connectivity index (χ1) is 11.2. The summed E-state index contributed by atoms with van der Waals surface area (Å²) < 4.78 is 0. The van der Waals surface area contributed by atoms with Gasteiger partial charge in [-0.05, 0) is 34.1 Å². The third-order valence-corrected chi connectivity index (χ3v) is 3.19. The SMILES string of the molecule is C.CC.CC.CC(C)(C)c1ccccc1.CC(C)(C)c1ccncc1. The average molecular weight is 346 g/mol. The third-order valence-electron chi connectivity index (χ3n) is 3.19. The van der Waals surface area contributed by atoms with Gasteiger partial charge in [-0.2, -0.15) is 0 Å². The smallest absolute Gasteiger partial charge is 0.0270 e. The van der Waals surface area contributed by atoms with Crippen LogP contribution >= 0.6 is 0 Å². The largest absolute Gasteiger partial charge is 0.265 e. The van der Waals surface area contributed by atoms with E-state index in [4.69, 9.17) is 0 Å². The maximum absolute atomic E-state index is 3.96. The molecule has 0 saturated heterocycles. The zero-order valence-electron chi connectivity index (χ0n) is 17.6. The maximum atomic E-state index is 3.96. The van der Waals surface area contributed by atoms with E-state index in [0.29, 0.717) is 5.41 Å². The van der Waals surface area contributed by atoms with E-state index in [2.05, 4.69) is 89.0 Å². The summed E-state index contributed by atoms with van der Waals surface area (Å²) in [6.07, 6.45) is 3.67. The van der Waals surface area contributed by atoms with Gasteiger partial charge in [-0.25, -0.2) is 0 Å². The molecule has 0 spiro atoms. The molecule has 1 heteroatoms. The second-order valence-electron chi connectivity index (χ2n) is 7.10. The number of rotatable bonds is 0. The Labute approximate surface area is 158 Å². The van der Waals surface area contributed by atoms with E-state index in [-0.39, 0.29) is 12.8 Å². The molecular formula is C24H43N. The van der Waals surface area contributed by atoms with Gasteiger partial charge in [0.1, 0.15) is 0 Å². The van der Waals surface area contributed by atoms with Crippen molar-refractivity contribution in [3.8, 4) is 0 Å². The molecule has 0 unspecified atom stereocenters. The third kappa shape index (κ3) is 13.3. The molecule has 1 nitrogen and oxygen atoms in total. The first-order valence-electron chi connectivity index (χ1n) is 9.17. The van der Waals surface area contributed by atoms with Crippen molar-refractivity contribution in [1.82, 2.24) is 4.98 Å². The minimum Gasteiger partial charge on any atom is -0.265 e. The fourth-order valence-corrected chi connectivity index (χ4v) is 1.79. The Kier molecular flexibility index (Phi) is 16.6. The highest BCUT2D eigenvalue weighted by atomic mass is 14.6. The summed E-state index contributed by atoms with van der Waals surface area (Å²) >= 11 is 0. The van der Waals surface area contributed by atoms with E-state index in [0.717, 1.165) is 0 Å². The van der Waals surface area contributed by atoms with E-state index in [1.165, 1.54) is 11.1 Å². The zero-order chi connectivity index (χ0) is 19.2. The van der Waals surface area contributed by atoms with Crippen LogP contribution in [0.25, 0.3) is 0 Å². The number of nitrogens with zero attached hydrogens (tertiary/aromatic N) is 1. The normalized spacial score (nSPS) is 9.68. The Morgan fingerprint density at radius 1 is 0.560 bits per heavy atom. The number of benzene rings is 1. The van der Waals surface area contributed by atoms with E-state index in [1.807, 2.05) is 40.1 Å². The van der Waals surface area contributed by atoms with Crippen LogP contribution in [-0.2, 0) is 10.8 Å². The summed E-state index contributed by atoms with van der Waals surface area (Å²) in [6.45, 7) is 21.3. The summed E-state index contributed by atoms with van der Waals surface area (Å²) in [4.78, 5) is 3.96. The highest BCUT2D eigenvalue weighted by Gasteiger charge is 2.12. The van der Waals surface area contributed by atoms with Crippen molar-refractivity contribution in [3.05, 3.63) is 66.0 Å². The lowest BCUT2D eigenvalue weighted by molar-refractivity contribution is 0.589. The lowest BCUT2D eigenvalue weighted by Crippen LogP contribution is -2.10. The van der Waals surface area contributed by atoms with Crippen LogP contribution in [0.5, 0.6) is 0 Å². The lowest BCUT2D eigenvalue weighted by atomic mass is 9.87. The van der Waals surface area contributed by atoms with Gasteiger partial charge in [0.25, 0.3) is 0 Å². The molecule has 1 heterocycles. The van der Waals surface area contributed by atoms with Crippen LogP contribution in [0.15, 0.2) is 54.9 Å². The molecule has 2 rings (SSSR count). The van der Waals surface area contributed by atoms with Crippen LogP contribution in [-0.4, -0.2) is 4.98 Å². The van der Waals surface area contributed by atoms with Crippen molar-refractivity contribution in [3.63, 3.8) is 0 Å². The van der Waals surface area contributed by atoms with Gasteiger partial charge in [0.15, 0.2) is 0 Å². The fourth-order valence-electron chi connectivity index (χ4n) is 1.79. The highest BCUT2D eigenvalue weighted by molar-refractivity contribution is 5.22. The molecule has 144 valence electrons. The maximum Gasteiger partial charge on any atom is 0.0270 e. The Balaban J connectivity index is -0.000000312. The molecule has 1 aromatic carbocycles. The Bertz CT molecular complexity index is 438. The predicted molar refractivity (Wildman–Crippen MR) is 118 cm³/mol. The van der Waals surface area contributed by atoms with Gasteiger partial charge in [-0.1, -0.05) is 107 Å². The van der Waals surface area contributed by atoms with Crippen LogP contribution in [0.2, 0.25) is 0 Å². The molecule has 0 saturated carbocycles. The Morgan fingerprint density at radius 2 is 0.880 bits per heavy atom. The number of aromatic nitrogens is 1. The van der Waals surface area contributed by atoms with Crippen LogP contribution in [0, 0.1) is 0 Å². The summed E-state index contributed by atoms with van der Waals surface area (Å²) in [5.74, 6) is 0. The molecule has 0 N–H and O–H groups in total. The molecule has 25 heavy (non-hydrogen) atoms. The summed E-state index contributed by atoms with van der Waals surface area (Å²) in [5, 5.41) is 0. The molecular weight excluding hydrogens is 302 g/mol. The van der Waals surface area contributed by atoms with Gasteiger partial charge in [0.05, 0.1) is 0 Å². The Morgan fingerprint density at radius 3 is 1.12 bits per heavy atom. The van der Waals surface area contributed by atoms with Crippen LogP contribution < -0.4 is 0 Å². The van der Waals surface area contributed by atoms with Gasteiger partial charge in [-0.3, -0.25) is 4.98 Å². The molecule has 0 fully saturated rings. The Hall–Kier alpha value is -1.63. The minimum absolute atomic E-state index is 0. The molecule has 0 bridgehead atoms. The first-order valence-corrected chi connectivity index (χ1v) is 9.17. The number of hydrogen-bond acceptors (Lipinski definition) is 1. The summed E-state index contributed by atoms with van der Waals surface area (Å²) in [6, 6.07) is 14.7. The quantitative estimate of drug-likeness (QED) is 0.470. The molecule has 0 amide bonds. The average Bonchev–Trinajstić information content (AvgIpc) is 2.59. The number of pyridine rings is 1. The molecule has 0 aliphatic rings. The first kappa shape index (κ1) is 28.2. The van der Waals surface area contributed by atoms with Crippen LogP contribution in [0.3, 0.4) is 0 Å². The van der Waals surface area contributed by atoms with E-state index < -0.39 is 0 Å². The van der Waals surface area contributed by atoms with Crippen molar-refractivity contribution in [1.29, 1.82) is 0 Å². The van der Waals surface area contributed by atoms with Crippen molar-refractivity contribution in [2.24, 2.45) is 0 Å². The standard InChI is InChI=1S/C10H14.C9H13N.2C2H6.CH4/c1-10(2,3)9-7-5-4-6-8-9;1-9(2,3)8-4-6-10-7-5-8;2*1-2;/h4-8H,1-3H3;4-7H,1-3H3;2*1-2H3;1H4. The second-order valence-corrected chi connectivity index (χ2v) is 7.10. The van der Waals surface area contributed by atoms with E-state index in [1.54, 1.807) is 0 Å². The van der Waals surface area contributed by atoms with Crippen LogP contribution in [0.4, 0.5) is 0 Å². The van der Waals surface area contributed by atoms with E-state index in [9.17, 15) is 0 Å². The minimum atomic E-state index is 0. The van der Waals surface area contributed by atoms with Gasteiger partial charge in [0.2, 0.25) is 0 Å². The topological polar surface area (TPSA) is 12.9 Å². The molecule has 0 aliphatic heterocycles. The van der Waals surface area contributed by atoms with Crippen molar-refractivity contribution in [2.45, 2.75) is 87.5 Å². The monoisotopic (exact) mass is 345 g/mol. The summed E-state index contributed by atoms with van der Waals surface area (Å²) in [5.41, 5.74) is 3.28. The molecule has 0 aliphatic carbocycles. The second kappa shape index (κ2) is 14.7. The molecule has 1 aromatic heterocycles. The fraction of sp³-hybridized carbons (Fsp3) is 0.542. The molecule has 0 radical (unpaired) electrons.